The van der Waals surface area contributed by atoms with Gasteiger partial charge in [0.15, 0.2) is 0 Å². The van der Waals surface area contributed by atoms with E-state index < -0.39 is 0 Å². The summed E-state index contributed by atoms with van der Waals surface area (Å²) in [5.74, 6) is 0.0893. The van der Waals surface area contributed by atoms with Gasteiger partial charge >= 0.3 is 0 Å². The molecule has 17 heavy (non-hydrogen) atoms. The summed E-state index contributed by atoms with van der Waals surface area (Å²) in [6, 6.07) is 4.79. The molecule has 0 bridgehead atoms. The van der Waals surface area contributed by atoms with E-state index in [4.69, 9.17) is 16.3 Å². The molecular weight excluding hydrogens is 241 g/mol. The zero-order valence-corrected chi connectivity index (χ0v) is 10.9. The van der Waals surface area contributed by atoms with Crippen LogP contribution in [0.2, 0.25) is 0 Å². The highest BCUT2D eigenvalue weighted by Gasteiger charge is 2.23. The van der Waals surface area contributed by atoms with Gasteiger partial charge in [-0.25, -0.2) is 4.39 Å². The van der Waals surface area contributed by atoms with E-state index in [-0.39, 0.29) is 18.0 Å². The van der Waals surface area contributed by atoms with Crippen LogP contribution in [0.15, 0.2) is 18.2 Å². The van der Waals surface area contributed by atoms with E-state index in [1.807, 2.05) is 13.8 Å². The van der Waals surface area contributed by atoms with Crippen LogP contribution in [-0.2, 0) is 10.6 Å². The minimum absolute atomic E-state index is 0.187. The lowest BCUT2D eigenvalue weighted by Crippen LogP contribution is -2.45. The summed E-state index contributed by atoms with van der Waals surface area (Å²) in [7, 11) is 0. The number of rotatable bonds is 2. The van der Waals surface area contributed by atoms with Crippen LogP contribution in [0.25, 0.3) is 0 Å². The molecule has 4 heteroatoms. The number of hydrogen-bond donors (Lipinski definition) is 0. The molecule has 0 radical (unpaired) electrons. The number of hydrogen-bond acceptors (Lipinski definition) is 2. The van der Waals surface area contributed by atoms with Crippen molar-refractivity contribution in [3.63, 3.8) is 0 Å². The quantitative estimate of drug-likeness (QED) is 0.755. The maximum absolute atomic E-state index is 13.2. The van der Waals surface area contributed by atoms with E-state index in [2.05, 4.69) is 4.90 Å². The summed E-state index contributed by atoms with van der Waals surface area (Å²) >= 11 is 5.87. The Kier molecular flexibility index (Phi) is 3.89. The minimum Gasteiger partial charge on any atom is -0.372 e. The van der Waals surface area contributed by atoms with Gasteiger partial charge in [-0.15, -0.1) is 11.6 Å². The van der Waals surface area contributed by atoms with Crippen LogP contribution in [0.4, 0.5) is 10.1 Å². The Bertz CT molecular complexity index is 389. The zero-order chi connectivity index (χ0) is 12.4. The molecule has 0 N–H and O–H groups in total. The van der Waals surface area contributed by atoms with E-state index in [0.717, 1.165) is 24.3 Å². The Morgan fingerprint density at radius 2 is 2.00 bits per heavy atom. The molecular formula is C13H17ClFNO. The molecule has 1 fully saturated rings. The number of nitrogens with zero attached hydrogens (tertiary/aromatic N) is 1. The molecule has 2 atom stereocenters. The van der Waals surface area contributed by atoms with Gasteiger partial charge in [0, 0.05) is 24.7 Å². The monoisotopic (exact) mass is 257 g/mol. The maximum Gasteiger partial charge on any atom is 0.123 e. The van der Waals surface area contributed by atoms with Crippen LogP contribution in [0.3, 0.4) is 0 Å². The van der Waals surface area contributed by atoms with Crippen LogP contribution >= 0.6 is 11.6 Å². The number of alkyl halides is 1. The molecule has 94 valence electrons. The third-order valence-electron chi connectivity index (χ3n) is 2.95. The maximum atomic E-state index is 13.2. The van der Waals surface area contributed by atoms with Crippen molar-refractivity contribution >= 4 is 17.3 Å². The molecule has 1 saturated heterocycles. The summed E-state index contributed by atoms with van der Waals surface area (Å²) in [6.45, 7) is 5.73. The molecule has 0 saturated carbocycles. The molecule has 0 aromatic heterocycles. The van der Waals surface area contributed by atoms with Crippen LogP contribution < -0.4 is 4.90 Å². The van der Waals surface area contributed by atoms with Crippen molar-refractivity contribution in [3.8, 4) is 0 Å². The van der Waals surface area contributed by atoms with E-state index in [0.29, 0.717) is 5.88 Å². The van der Waals surface area contributed by atoms with Gasteiger partial charge in [-0.1, -0.05) is 0 Å². The highest BCUT2D eigenvalue weighted by molar-refractivity contribution is 6.17. The predicted octanol–water partition coefficient (Wildman–Crippen LogP) is 3.18. The Labute approximate surface area is 106 Å². The normalized spacial score (nSPS) is 25.1. The lowest BCUT2D eigenvalue weighted by Gasteiger charge is -2.37. The number of benzene rings is 1. The minimum atomic E-state index is -0.237. The summed E-state index contributed by atoms with van der Waals surface area (Å²) < 4.78 is 18.8. The van der Waals surface area contributed by atoms with Gasteiger partial charge < -0.3 is 9.64 Å². The van der Waals surface area contributed by atoms with Crippen molar-refractivity contribution in [2.45, 2.75) is 31.9 Å². The second-order valence-corrected chi connectivity index (χ2v) is 4.84. The average Bonchev–Trinajstić information content (AvgIpc) is 2.27. The van der Waals surface area contributed by atoms with Gasteiger partial charge in [0.2, 0.25) is 0 Å². The molecule has 2 nitrogen and oxygen atoms in total. The van der Waals surface area contributed by atoms with Gasteiger partial charge in [-0.05, 0) is 37.6 Å². The zero-order valence-electron chi connectivity index (χ0n) is 10.1. The largest absolute Gasteiger partial charge is 0.372 e. The fraction of sp³-hybridized carbons (Fsp3) is 0.538. The number of ether oxygens (including phenoxy) is 1. The Morgan fingerprint density at radius 3 is 2.59 bits per heavy atom. The fourth-order valence-electron chi connectivity index (χ4n) is 2.34. The van der Waals surface area contributed by atoms with Crippen LogP contribution in [0.1, 0.15) is 19.4 Å². The van der Waals surface area contributed by atoms with Gasteiger partial charge in [-0.2, -0.15) is 0 Å². The van der Waals surface area contributed by atoms with Crippen molar-refractivity contribution in [2.24, 2.45) is 0 Å². The molecule has 2 rings (SSSR count). The van der Waals surface area contributed by atoms with Crippen molar-refractivity contribution in [2.75, 3.05) is 18.0 Å². The molecule has 0 aliphatic carbocycles. The SMILES string of the molecule is C[C@@H]1CN(c2ccc(F)cc2CCl)C[C@H](C)O1. The van der Waals surface area contributed by atoms with E-state index in [9.17, 15) is 4.39 Å². The third kappa shape index (κ3) is 2.90. The van der Waals surface area contributed by atoms with Gasteiger partial charge in [0.25, 0.3) is 0 Å². The van der Waals surface area contributed by atoms with Gasteiger partial charge in [0.05, 0.1) is 12.2 Å². The summed E-state index contributed by atoms with van der Waals surface area (Å²) in [4.78, 5) is 2.22. The van der Waals surface area contributed by atoms with Gasteiger partial charge in [0.1, 0.15) is 5.82 Å². The fourth-order valence-corrected chi connectivity index (χ4v) is 2.56. The molecule has 1 aromatic rings. The standard InChI is InChI=1S/C13H17ClFNO/c1-9-7-16(8-10(2)17-9)13-4-3-12(15)5-11(13)6-14/h3-5,9-10H,6-8H2,1-2H3/t9-,10+. The molecule has 1 heterocycles. The number of morpholine rings is 1. The van der Waals surface area contributed by atoms with Crippen molar-refractivity contribution in [1.29, 1.82) is 0 Å². The summed E-state index contributed by atoms with van der Waals surface area (Å²) in [5, 5.41) is 0. The molecule has 0 amide bonds. The van der Waals surface area contributed by atoms with Crippen LogP contribution in [-0.4, -0.2) is 25.3 Å². The average molecular weight is 258 g/mol. The Balaban J connectivity index is 2.26. The third-order valence-corrected chi connectivity index (χ3v) is 3.23. The number of halogens is 2. The lowest BCUT2D eigenvalue weighted by atomic mass is 10.1. The lowest BCUT2D eigenvalue weighted by molar-refractivity contribution is -0.00525. The van der Waals surface area contributed by atoms with Crippen molar-refractivity contribution in [3.05, 3.63) is 29.6 Å². The first kappa shape index (κ1) is 12.7. The second-order valence-electron chi connectivity index (χ2n) is 4.57. The Hall–Kier alpha value is -0.800. The highest BCUT2D eigenvalue weighted by atomic mass is 35.5. The molecule has 0 spiro atoms. The molecule has 1 aliphatic heterocycles. The smallest absolute Gasteiger partial charge is 0.123 e. The van der Waals surface area contributed by atoms with Crippen LogP contribution in [0, 0.1) is 5.82 Å². The first-order valence-electron chi connectivity index (χ1n) is 5.85. The van der Waals surface area contributed by atoms with Crippen molar-refractivity contribution in [1.82, 2.24) is 0 Å². The molecule has 1 aliphatic rings. The summed E-state index contributed by atoms with van der Waals surface area (Å²) in [6.07, 6.45) is 0.374. The molecule has 0 unspecified atom stereocenters. The van der Waals surface area contributed by atoms with E-state index in [1.165, 1.54) is 12.1 Å². The first-order valence-corrected chi connectivity index (χ1v) is 6.38. The number of anilines is 1. The van der Waals surface area contributed by atoms with Gasteiger partial charge in [-0.3, -0.25) is 0 Å². The van der Waals surface area contributed by atoms with E-state index >= 15 is 0 Å². The first-order chi connectivity index (χ1) is 8.10. The van der Waals surface area contributed by atoms with Crippen LogP contribution in [0.5, 0.6) is 0 Å². The highest BCUT2D eigenvalue weighted by Crippen LogP contribution is 2.26. The summed E-state index contributed by atoms with van der Waals surface area (Å²) in [5.41, 5.74) is 1.86. The van der Waals surface area contributed by atoms with E-state index in [1.54, 1.807) is 6.07 Å². The Morgan fingerprint density at radius 1 is 1.35 bits per heavy atom. The van der Waals surface area contributed by atoms with Crippen molar-refractivity contribution < 1.29 is 9.13 Å². The topological polar surface area (TPSA) is 12.5 Å². The second kappa shape index (κ2) is 5.23. The predicted molar refractivity (Wildman–Crippen MR) is 68.2 cm³/mol. The molecule has 1 aromatic carbocycles.